The van der Waals surface area contributed by atoms with Crippen molar-refractivity contribution in [2.45, 2.75) is 44.9 Å². The van der Waals surface area contributed by atoms with Gasteiger partial charge in [-0.25, -0.2) is 4.79 Å². The molecule has 0 saturated heterocycles. The molecule has 0 bridgehead atoms. The molecule has 2 amide bonds. The number of hydrogen-bond acceptors (Lipinski definition) is 4. The Morgan fingerprint density at radius 3 is 2.30 bits per heavy atom. The first-order valence-electron chi connectivity index (χ1n) is 7.89. The second kappa shape index (κ2) is 8.31. The first-order valence-corrected chi connectivity index (χ1v) is 7.89. The summed E-state index contributed by atoms with van der Waals surface area (Å²) in [7, 11) is 0. The van der Waals surface area contributed by atoms with Gasteiger partial charge in [-0.05, 0) is 36.5 Å². The molecule has 2 rings (SSSR count). The van der Waals surface area contributed by atoms with Crippen LogP contribution in [0.1, 0.15) is 60.9 Å². The molecule has 1 aliphatic carbocycles. The van der Waals surface area contributed by atoms with Gasteiger partial charge >= 0.3 is 5.97 Å². The highest BCUT2D eigenvalue weighted by Gasteiger charge is 2.16. The Balaban J connectivity index is 1.82. The molecule has 0 aromatic heterocycles. The fourth-order valence-electron chi connectivity index (χ4n) is 2.74. The molecule has 1 aromatic carbocycles. The maximum Gasteiger partial charge on any atom is 0.338 e. The predicted octanol–water partition coefficient (Wildman–Crippen LogP) is 2.06. The molecule has 0 heterocycles. The van der Waals surface area contributed by atoms with Crippen molar-refractivity contribution in [2.24, 2.45) is 0 Å². The van der Waals surface area contributed by atoms with Crippen molar-refractivity contribution >= 4 is 17.8 Å². The van der Waals surface area contributed by atoms with Crippen molar-refractivity contribution < 1.29 is 19.1 Å². The number of esters is 1. The topological polar surface area (TPSA) is 84.5 Å². The number of rotatable bonds is 4. The Morgan fingerprint density at radius 1 is 1.04 bits per heavy atom. The van der Waals surface area contributed by atoms with E-state index >= 15 is 0 Å². The molecular formula is C17H22N2O4. The van der Waals surface area contributed by atoms with E-state index in [0.29, 0.717) is 11.5 Å². The highest BCUT2D eigenvalue weighted by Crippen LogP contribution is 2.32. The van der Waals surface area contributed by atoms with Crippen molar-refractivity contribution in [1.82, 2.24) is 10.9 Å². The minimum Gasteiger partial charge on any atom is -0.452 e. The Bertz CT molecular complexity index is 562. The van der Waals surface area contributed by atoms with E-state index in [1.54, 1.807) is 12.1 Å². The number of hydrazine groups is 1. The molecule has 1 saturated carbocycles. The standard InChI is InChI=1S/C17H22N2O4/c1-12(20)18-19-16(21)11-23-17(22)15-9-7-14(8-10-15)13-5-3-2-4-6-13/h7-10,13H,2-6,11H2,1H3,(H,18,20)(H,19,21). The van der Waals surface area contributed by atoms with E-state index in [1.165, 1.54) is 44.6 Å². The largest absolute Gasteiger partial charge is 0.452 e. The van der Waals surface area contributed by atoms with Gasteiger partial charge in [-0.15, -0.1) is 0 Å². The second-order valence-corrected chi connectivity index (χ2v) is 5.76. The van der Waals surface area contributed by atoms with Crippen LogP contribution in [0.5, 0.6) is 0 Å². The monoisotopic (exact) mass is 318 g/mol. The number of benzene rings is 1. The number of hydrogen-bond donors (Lipinski definition) is 2. The molecule has 124 valence electrons. The highest BCUT2D eigenvalue weighted by atomic mass is 16.5. The average molecular weight is 318 g/mol. The van der Waals surface area contributed by atoms with Crippen molar-refractivity contribution in [1.29, 1.82) is 0 Å². The van der Waals surface area contributed by atoms with Gasteiger partial charge in [-0.2, -0.15) is 0 Å². The maximum atomic E-state index is 11.9. The molecule has 0 radical (unpaired) electrons. The van der Waals surface area contributed by atoms with Crippen LogP contribution < -0.4 is 10.9 Å². The van der Waals surface area contributed by atoms with Crippen LogP contribution in [0.25, 0.3) is 0 Å². The van der Waals surface area contributed by atoms with E-state index in [4.69, 9.17) is 4.74 Å². The van der Waals surface area contributed by atoms with Crippen LogP contribution in [-0.4, -0.2) is 24.4 Å². The first-order chi connectivity index (χ1) is 11.1. The van der Waals surface area contributed by atoms with Crippen LogP contribution in [0.3, 0.4) is 0 Å². The van der Waals surface area contributed by atoms with Gasteiger partial charge in [0.15, 0.2) is 6.61 Å². The van der Waals surface area contributed by atoms with Gasteiger partial charge in [0.1, 0.15) is 0 Å². The number of carbonyl (C=O) groups excluding carboxylic acids is 3. The fraction of sp³-hybridized carbons (Fsp3) is 0.471. The number of ether oxygens (including phenoxy) is 1. The van der Waals surface area contributed by atoms with E-state index in [9.17, 15) is 14.4 Å². The zero-order chi connectivity index (χ0) is 16.7. The lowest BCUT2D eigenvalue weighted by Crippen LogP contribution is -2.42. The summed E-state index contributed by atoms with van der Waals surface area (Å²) in [5.74, 6) is -0.967. The Morgan fingerprint density at radius 2 is 1.70 bits per heavy atom. The van der Waals surface area contributed by atoms with Gasteiger partial charge in [0.2, 0.25) is 5.91 Å². The Labute approximate surface area is 135 Å². The number of carbonyl (C=O) groups is 3. The lowest BCUT2D eigenvalue weighted by Gasteiger charge is -2.21. The van der Waals surface area contributed by atoms with Gasteiger partial charge < -0.3 is 4.74 Å². The lowest BCUT2D eigenvalue weighted by molar-refractivity contribution is -0.129. The van der Waals surface area contributed by atoms with Crippen LogP contribution in [0.4, 0.5) is 0 Å². The lowest BCUT2D eigenvalue weighted by atomic mass is 9.84. The van der Waals surface area contributed by atoms with Crippen LogP contribution in [0.2, 0.25) is 0 Å². The summed E-state index contributed by atoms with van der Waals surface area (Å²) in [6.07, 6.45) is 6.23. The van der Waals surface area contributed by atoms with E-state index < -0.39 is 24.4 Å². The molecule has 0 spiro atoms. The van der Waals surface area contributed by atoms with Crippen LogP contribution in [-0.2, 0) is 14.3 Å². The Kier molecular flexibility index (Phi) is 6.14. The zero-order valence-corrected chi connectivity index (χ0v) is 13.3. The summed E-state index contributed by atoms with van der Waals surface area (Å²) in [4.78, 5) is 33.9. The third kappa shape index (κ3) is 5.39. The molecular weight excluding hydrogens is 296 g/mol. The van der Waals surface area contributed by atoms with Crippen LogP contribution in [0.15, 0.2) is 24.3 Å². The van der Waals surface area contributed by atoms with Gasteiger partial charge in [0, 0.05) is 6.92 Å². The average Bonchev–Trinajstić information content (AvgIpc) is 2.58. The minimum absolute atomic E-state index is 0.400. The molecule has 1 aromatic rings. The van der Waals surface area contributed by atoms with Crippen molar-refractivity contribution in [3.8, 4) is 0 Å². The van der Waals surface area contributed by atoms with E-state index in [-0.39, 0.29) is 0 Å². The first kappa shape index (κ1) is 17.0. The molecule has 0 aliphatic heterocycles. The van der Waals surface area contributed by atoms with Crippen LogP contribution >= 0.6 is 0 Å². The van der Waals surface area contributed by atoms with Crippen molar-refractivity contribution in [3.05, 3.63) is 35.4 Å². The summed E-state index contributed by atoms with van der Waals surface area (Å²) in [6, 6.07) is 7.39. The molecule has 6 heteroatoms. The molecule has 23 heavy (non-hydrogen) atoms. The maximum absolute atomic E-state index is 11.9. The molecule has 0 unspecified atom stereocenters. The predicted molar refractivity (Wildman–Crippen MR) is 84.5 cm³/mol. The fourth-order valence-corrected chi connectivity index (χ4v) is 2.74. The SMILES string of the molecule is CC(=O)NNC(=O)COC(=O)c1ccc(C2CCCCC2)cc1. The van der Waals surface area contributed by atoms with E-state index in [1.807, 2.05) is 12.1 Å². The third-order valence-corrected chi connectivity index (χ3v) is 3.94. The van der Waals surface area contributed by atoms with Crippen LogP contribution in [0, 0.1) is 0 Å². The smallest absolute Gasteiger partial charge is 0.338 e. The van der Waals surface area contributed by atoms with Crippen molar-refractivity contribution in [3.63, 3.8) is 0 Å². The quantitative estimate of drug-likeness (QED) is 0.657. The van der Waals surface area contributed by atoms with Gasteiger partial charge in [-0.1, -0.05) is 31.4 Å². The Hall–Kier alpha value is -2.37. The van der Waals surface area contributed by atoms with E-state index in [2.05, 4.69) is 10.9 Å². The summed E-state index contributed by atoms with van der Waals surface area (Å²) in [6.45, 7) is 0.823. The molecule has 1 aliphatic rings. The summed E-state index contributed by atoms with van der Waals surface area (Å²) in [5.41, 5.74) is 5.92. The zero-order valence-electron chi connectivity index (χ0n) is 13.3. The summed E-state index contributed by atoms with van der Waals surface area (Å²) < 4.78 is 4.91. The second-order valence-electron chi connectivity index (χ2n) is 5.76. The molecule has 1 fully saturated rings. The van der Waals surface area contributed by atoms with Gasteiger partial charge in [0.05, 0.1) is 5.56 Å². The molecule has 6 nitrogen and oxygen atoms in total. The van der Waals surface area contributed by atoms with E-state index in [0.717, 1.165) is 0 Å². The van der Waals surface area contributed by atoms with Gasteiger partial charge in [0.25, 0.3) is 5.91 Å². The molecule has 0 atom stereocenters. The van der Waals surface area contributed by atoms with Gasteiger partial charge in [-0.3, -0.25) is 20.4 Å². The number of nitrogens with one attached hydrogen (secondary N) is 2. The highest BCUT2D eigenvalue weighted by molar-refractivity contribution is 5.91. The normalized spacial score (nSPS) is 14.8. The van der Waals surface area contributed by atoms with Crippen molar-refractivity contribution in [2.75, 3.05) is 6.61 Å². The molecule has 2 N–H and O–H groups in total. The third-order valence-electron chi connectivity index (χ3n) is 3.94. The summed E-state index contributed by atoms with van der Waals surface area (Å²) in [5, 5.41) is 0. The minimum atomic E-state index is -0.590. The number of amides is 2. The summed E-state index contributed by atoms with van der Waals surface area (Å²) >= 11 is 0.